The quantitative estimate of drug-likeness (QED) is 0.674. The lowest BCUT2D eigenvalue weighted by atomic mass is 9.90. The lowest BCUT2D eigenvalue weighted by molar-refractivity contribution is -0.156. The molecular formula is C12H22O3. The summed E-state index contributed by atoms with van der Waals surface area (Å²) >= 11 is 0. The number of hydrogen-bond donors (Lipinski definition) is 0. The average Bonchev–Trinajstić information content (AvgIpc) is 2.27. The summed E-state index contributed by atoms with van der Waals surface area (Å²) in [6.45, 7) is 7.96. The molecule has 88 valence electrons. The minimum Gasteiger partial charge on any atom is -0.465 e. The number of rotatable bonds is 4. The summed E-state index contributed by atoms with van der Waals surface area (Å²) in [5.41, 5.74) is -0.352. The molecule has 1 rings (SSSR count). The number of carbonyl (C=O) groups is 1. The molecule has 1 saturated heterocycles. The van der Waals surface area contributed by atoms with E-state index < -0.39 is 0 Å². The highest BCUT2D eigenvalue weighted by molar-refractivity contribution is 5.75. The lowest BCUT2D eigenvalue weighted by Crippen LogP contribution is -2.30. The smallest absolute Gasteiger partial charge is 0.311 e. The van der Waals surface area contributed by atoms with Crippen LogP contribution in [0, 0.1) is 11.3 Å². The molecule has 1 fully saturated rings. The highest BCUT2D eigenvalue weighted by Crippen LogP contribution is 2.22. The Morgan fingerprint density at radius 2 is 2.27 bits per heavy atom. The van der Waals surface area contributed by atoms with Gasteiger partial charge in [0.25, 0.3) is 0 Å². The largest absolute Gasteiger partial charge is 0.465 e. The maximum absolute atomic E-state index is 11.7. The van der Waals surface area contributed by atoms with Gasteiger partial charge in [-0.2, -0.15) is 0 Å². The van der Waals surface area contributed by atoms with Gasteiger partial charge in [-0.25, -0.2) is 0 Å². The van der Waals surface area contributed by atoms with Crippen LogP contribution in [0.5, 0.6) is 0 Å². The van der Waals surface area contributed by atoms with E-state index >= 15 is 0 Å². The van der Waals surface area contributed by atoms with Crippen LogP contribution in [0.25, 0.3) is 0 Å². The van der Waals surface area contributed by atoms with E-state index in [9.17, 15) is 4.79 Å². The van der Waals surface area contributed by atoms with Crippen molar-refractivity contribution in [3.05, 3.63) is 0 Å². The van der Waals surface area contributed by atoms with Crippen molar-refractivity contribution in [2.24, 2.45) is 11.3 Å². The second-order valence-electron chi connectivity index (χ2n) is 4.92. The predicted octanol–water partition coefficient (Wildman–Crippen LogP) is 2.39. The summed E-state index contributed by atoms with van der Waals surface area (Å²) in [5.74, 6) is 0.311. The van der Waals surface area contributed by atoms with Gasteiger partial charge in [-0.3, -0.25) is 4.79 Å². The van der Waals surface area contributed by atoms with Crippen LogP contribution in [-0.4, -0.2) is 25.8 Å². The van der Waals surface area contributed by atoms with Crippen molar-refractivity contribution in [1.82, 2.24) is 0 Å². The first-order valence-corrected chi connectivity index (χ1v) is 5.81. The molecule has 15 heavy (non-hydrogen) atoms. The van der Waals surface area contributed by atoms with Crippen molar-refractivity contribution in [2.75, 3.05) is 19.8 Å². The Kier molecular flexibility index (Phi) is 4.58. The van der Waals surface area contributed by atoms with E-state index in [1.54, 1.807) is 0 Å². The van der Waals surface area contributed by atoms with E-state index in [0.29, 0.717) is 12.5 Å². The van der Waals surface area contributed by atoms with E-state index in [2.05, 4.69) is 0 Å². The molecule has 0 saturated carbocycles. The maximum Gasteiger partial charge on any atom is 0.311 e. The number of hydrogen-bond acceptors (Lipinski definition) is 3. The second-order valence-corrected chi connectivity index (χ2v) is 4.92. The second kappa shape index (κ2) is 5.50. The molecule has 0 radical (unpaired) electrons. The van der Waals surface area contributed by atoms with Gasteiger partial charge >= 0.3 is 5.97 Å². The molecule has 1 unspecified atom stereocenters. The first kappa shape index (κ1) is 12.5. The van der Waals surface area contributed by atoms with Crippen LogP contribution in [0.4, 0.5) is 0 Å². The Balaban J connectivity index is 2.26. The van der Waals surface area contributed by atoms with Gasteiger partial charge < -0.3 is 9.47 Å². The summed E-state index contributed by atoms with van der Waals surface area (Å²) in [6.07, 6.45) is 3.01. The Hall–Kier alpha value is -0.570. The third-order valence-corrected chi connectivity index (χ3v) is 3.14. The summed E-state index contributed by atoms with van der Waals surface area (Å²) < 4.78 is 10.7. The zero-order chi connectivity index (χ0) is 11.3. The van der Waals surface area contributed by atoms with Gasteiger partial charge in [0, 0.05) is 12.5 Å². The van der Waals surface area contributed by atoms with Crippen LogP contribution in [-0.2, 0) is 14.3 Å². The zero-order valence-corrected chi connectivity index (χ0v) is 10.0. The van der Waals surface area contributed by atoms with E-state index in [1.165, 1.54) is 0 Å². The molecule has 3 heteroatoms. The fraction of sp³-hybridized carbons (Fsp3) is 0.917. The Labute approximate surface area is 92.1 Å². The molecular weight excluding hydrogens is 192 g/mol. The molecule has 0 aromatic carbocycles. The minimum atomic E-state index is -0.352. The van der Waals surface area contributed by atoms with Crippen molar-refractivity contribution in [3.8, 4) is 0 Å². The first-order valence-electron chi connectivity index (χ1n) is 5.81. The van der Waals surface area contributed by atoms with Gasteiger partial charge in [-0.05, 0) is 33.1 Å². The summed E-state index contributed by atoms with van der Waals surface area (Å²) in [6, 6.07) is 0. The summed E-state index contributed by atoms with van der Waals surface area (Å²) in [7, 11) is 0. The summed E-state index contributed by atoms with van der Waals surface area (Å²) in [5, 5.41) is 0. The Morgan fingerprint density at radius 1 is 1.53 bits per heavy atom. The standard InChI is InChI=1S/C12H22O3/c1-4-12(2,3)11(13)15-9-10-6-5-7-14-8-10/h10H,4-9H2,1-3H3. The van der Waals surface area contributed by atoms with Gasteiger partial charge in [0.05, 0.1) is 18.6 Å². The molecule has 0 amide bonds. The van der Waals surface area contributed by atoms with E-state index in [-0.39, 0.29) is 11.4 Å². The molecule has 1 aliphatic rings. The molecule has 0 aliphatic carbocycles. The van der Waals surface area contributed by atoms with Crippen molar-refractivity contribution in [2.45, 2.75) is 40.0 Å². The fourth-order valence-corrected chi connectivity index (χ4v) is 1.47. The highest BCUT2D eigenvalue weighted by Gasteiger charge is 2.28. The average molecular weight is 214 g/mol. The van der Waals surface area contributed by atoms with Gasteiger partial charge in [0.1, 0.15) is 0 Å². The monoisotopic (exact) mass is 214 g/mol. The molecule has 0 aromatic rings. The molecule has 3 nitrogen and oxygen atoms in total. The highest BCUT2D eigenvalue weighted by atomic mass is 16.5. The van der Waals surface area contributed by atoms with Gasteiger partial charge in [0.15, 0.2) is 0 Å². The van der Waals surface area contributed by atoms with Crippen LogP contribution in [0.1, 0.15) is 40.0 Å². The van der Waals surface area contributed by atoms with Crippen molar-refractivity contribution in [3.63, 3.8) is 0 Å². The van der Waals surface area contributed by atoms with Crippen molar-refractivity contribution in [1.29, 1.82) is 0 Å². The van der Waals surface area contributed by atoms with E-state index in [4.69, 9.17) is 9.47 Å². The van der Waals surface area contributed by atoms with Crippen LogP contribution in [0.3, 0.4) is 0 Å². The van der Waals surface area contributed by atoms with E-state index in [1.807, 2.05) is 20.8 Å². The SMILES string of the molecule is CCC(C)(C)C(=O)OCC1CCCOC1. The Morgan fingerprint density at radius 3 is 2.80 bits per heavy atom. The van der Waals surface area contributed by atoms with E-state index in [0.717, 1.165) is 32.5 Å². The topological polar surface area (TPSA) is 35.5 Å². The van der Waals surface area contributed by atoms with Gasteiger partial charge in [0.2, 0.25) is 0 Å². The van der Waals surface area contributed by atoms with Crippen LogP contribution < -0.4 is 0 Å². The van der Waals surface area contributed by atoms with Gasteiger partial charge in [-0.15, -0.1) is 0 Å². The number of esters is 1. The van der Waals surface area contributed by atoms with Crippen molar-refractivity contribution < 1.29 is 14.3 Å². The summed E-state index contributed by atoms with van der Waals surface area (Å²) in [4.78, 5) is 11.7. The van der Waals surface area contributed by atoms with Crippen LogP contribution in [0.2, 0.25) is 0 Å². The Bertz CT molecular complexity index is 205. The number of ether oxygens (including phenoxy) is 2. The first-order chi connectivity index (χ1) is 7.06. The number of carbonyl (C=O) groups excluding carboxylic acids is 1. The predicted molar refractivity (Wildman–Crippen MR) is 58.6 cm³/mol. The zero-order valence-electron chi connectivity index (χ0n) is 10.0. The molecule has 0 aromatic heterocycles. The molecule has 0 bridgehead atoms. The fourth-order valence-electron chi connectivity index (χ4n) is 1.47. The van der Waals surface area contributed by atoms with Crippen LogP contribution >= 0.6 is 0 Å². The molecule has 1 heterocycles. The minimum absolute atomic E-state index is 0.0874. The third-order valence-electron chi connectivity index (χ3n) is 3.14. The van der Waals surface area contributed by atoms with Gasteiger partial charge in [-0.1, -0.05) is 6.92 Å². The molecule has 1 aliphatic heterocycles. The molecule has 0 spiro atoms. The van der Waals surface area contributed by atoms with Crippen molar-refractivity contribution >= 4 is 5.97 Å². The lowest BCUT2D eigenvalue weighted by Gasteiger charge is -2.25. The normalized spacial score (nSPS) is 22.5. The molecule has 1 atom stereocenters. The van der Waals surface area contributed by atoms with Crippen LogP contribution in [0.15, 0.2) is 0 Å². The maximum atomic E-state index is 11.7. The third kappa shape index (κ3) is 3.82. The molecule has 0 N–H and O–H groups in total.